The Morgan fingerprint density at radius 1 is 1.73 bits per heavy atom. The summed E-state index contributed by atoms with van der Waals surface area (Å²) in [6.07, 6.45) is 2.31. The molecule has 2 atom stereocenters. The van der Waals surface area contributed by atoms with Gasteiger partial charge >= 0.3 is 0 Å². The maximum absolute atomic E-state index is 8.90. The molecule has 0 aliphatic heterocycles. The molecule has 0 amide bonds. The minimum Gasteiger partial charge on any atom is -0.396 e. The van der Waals surface area contributed by atoms with Crippen LogP contribution in [0.15, 0.2) is 0 Å². The first kappa shape index (κ1) is 9.36. The number of thioether (sulfide) groups is 1. The quantitative estimate of drug-likeness (QED) is 0.651. The normalized spacial score (nSPS) is 35.7. The van der Waals surface area contributed by atoms with E-state index in [1.165, 1.54) is 12.2 Å². The number of hydrogen-bond donors (Lipinski definition) is 2. The third-order valence-corrected chi connectivity index (χ3v) is 4.19. The molecule has 0 spiro atoms. The fraction of sp³-hybridized carbons (Fsp3) is 1.00. The molecule has 1 rings (SSSR count). The Bertz CT molecular complexity index is 131. The summed E-state index contributed by atoms with van der Waals surface area (Å²) in [5.41, 5.74) is 5.64. The molecule has 0 bridgehead atoms. The van der Waals surface area contributed by atoms with E-state index in [1.807, 2.05) is 11.8 Å². The fourth-order valence-electron chi connectivity index (χ4n) is 1.38. The molecule has 1 saturated carbocycles. The van der Waals surface area contributed by atoms with Crippen LogP contribution in [0.1, 0.15) is 19.8 Å². The molecular weight excluding hydrogens is 158 g/mol. The van der Waals surface area contributed by atoms with Crippen molar-refractivity contribution in [3.8, 4) is 0 Å². The van der Waals surface area contributed by atoms with Crippen molar-refractivity contribution in [2.75, 3.05) is 18.9 Å². The second kappa shape index (κ2) is 3.78. The van der Waals surface area contributed by atoms with Crippen molar-refractivity contribution < 1.29 is 5.11 Å². The second-order valence-corrected chi connectivity index (χ2v) is 4.71. The molecule has 1 aliphatic rings. The van der Waals surface area contributed by atoms with E-state index in [0.29, 0.717) is 12.5 Å². The van der Waals surface area contributed by atoms with E-state index in [-0.39, 0.29) is 4.75 Å². The molecule has 3 heteroatoms. The average Bonchev–Trinajstić information content (AvgIpc) is 2.76. The summed E-state index contributed by atoms with van der Waals surface area (Å²) in [4.78, 5) is 0. The van der Waals surface area contributed by atoms with Gasteiger partial charge < -0.3 is 10.8 Å². The van der Waals surface area contributed by atoms with Gasteiger partial charge in [-0.1, -0.05) is 6.92 Å². The first-order valence-electron chi connectivity index (χ1n) is 4.24. The lowest BCUT2D eigenvalue weighted by Crippen LogP contribution is -2.22. The van der Waals surface area contributed by atoms with Crippen LogP contribution in [0.25, 0.3) is 0 Å². The average molecular weight is 175 g/mol. The molecule has 2 unspecified atom stereocenters. The zero-order valence-electron chi connectivity index (χ0n) is 7.05. The van der Waals surface area contributed by atoms with Gasteiger partial charge in [0.2, 0.25) is 0 Å². The summed E-state index contributed by atoms with van der Waals surface area (Å²) in [7, 11) is 0. The number of aliphatic hydroxyl groups excluding tert-OH is 1. The molecule has 1 aliphatic carbocycles. The topological polar surface area (TPSA) is 46.2 Å². The Morgan fingerprint density at radius 2 is 2.45 bits per heavy atom. The summed E-state index contributed by atoms with van der Waals surface area (Å²) in [5.74, 6) is 1.65. The van der Waals surface area contributed by atoms with Crippen LogP contribution in [-0.4, -0.2) is 28.8 Å². The minimum atomic E-state index is 0.255. The molecule has 0 aromatic heterocycles. The van der Waals surface area contributed by atoms with Gasteiger partial charge in [0, 0.05) is 17.9 Å². The van der Waals surface area contributed by atoms with Crippen molar-refractivity contribution in [1.82, 2.24) is 0 Å². The molecule has 0 heterocycles. The summed E-state index contributed by atoms with van der Waals surface area (Å²) >= 11 is 1.94. The van der Waals surface area contributed by atoms with Crippen LogP contribution in [0, 0.1) is 5.92 Å². The highest BCUT2D eigenvalue weighted by molar-refractivity contribution is 8.01. The van der Waals surface area contributed by atoms with E-state index in [2.05, 4.69) is 6.92 Å². The second-order valence-electron chi connectivity index (χ2n) is 3.20. The predicted octanol–water partition coefficient (Wildman–Crippen LogP) is 0.839. The Balaban J connectivity index is 2.27. The Kier molecular flexibility index (Phi) is 3.22. The van der Waals surface area contributed by atoms with Crippen molar-refractivity contribution in [2.45, 2.75) is 24.5 Å². The highest BCUT2D eigenvalue weighted by Crippen LogP contribution is 2.53. The molecule has 0 radical (unpaired) electrons. The number of rotatable bonds is 5. The number of hydrogen-bond acceptors (Lipinski definition) is 3. The molecule has 3 N–H and O–H groups in total. The zero-order valence-corrected chi connectivity index (χ0v) is 7.86. The summed E-state index contributed by atoms with van der Waals surface area (Å²) in [5, 5.41) is 8.90. The van der Waals surface area contributed by atoms with Gasteiger partial charge in [-0.3, -0.25) is 0 Å². The van der Waals surface area contributed by atoms with E-state index in [4.69, 9.17) is 10.8 Å². The van der Waals surface area contributed by atoms with Crippen molar-refractivity contribution in [1.29, 1.82) is 0 Å². The first-order valence-corrected chi connectivity index (χ1v) is 5.22. The molecular formula is C8H17NOS. The molecule has 0 aromatic carbocycles. The van der Waals surface area contributed by atoms with Gasteiger partial charge in [-0.15, -0.1) is 0 Å². The van der Waals surface area contributed by atoms with E-state index in [0.717, 1.165) is 13.0 Å². The highest BCUT2D eigenvalue weighted by Gasteiger charge is 2.52. The van der Waals surface area contributed by atoms with Crippen molar-refractivity contribution in [2.24, 2.45) is 11.7 Å². The van der Waals surface area contributed by atoms with Crippen molar-refractivity contribution in [3.05, 3.63) is 0 Å². The van der Waals surface area contributed by atoms with Crippen LogP contribution < -0.4 is 5.73 Å². The van der Waals surface area contributed by atoms with E-state index < -0.39 is 0 Å². The Labute approximate surface area is 72.5 Å². The minimum absolute atomic E-state index is 0.255. The van der Waals surface area contributed by atoms with Crippen molar-refractivity contribution >= 4 is 11.8 Å². The summed E-state index contributed by atoms with van der Waals surface area (Å²) in [6.45, 7) is 3.21. The van der Waals surface area contributed by atoms with Gasteiger partial charge in [-0.25, -0.2) is 0 Å². The van der Waals surface area contributed by atoms with E-state index in [1.54, 1.807) is 0 Å². The Morgan fingerprint density at radius 3 is 2.82 bits per heavy atom. The standard InChI is InChI=1S/C8H17NOS/c1-2-3-11-8(6-9)4-7(8)5-10/h7,10H,2-6,9H2,1H3. The number of nitrogens with two attached hydrogens (primary N) is 1. The van der Waals surface area contributed by atoms with Gasteiger partial charge in [0.25, 0.3) is 0 Å². The van der Waals surface area contributed by atoms with Crippen LogP contribution in [0.3, 0.4) is 0 Å². The first-order chi connectivity index (χ1) is 5.29. The lowest BCUT2D eigenvalue weighted by molar-refractivity contribution is 0.272. The fourth-order valence-corrected chi connectivity index (χ4v) is 2.74. The smallest absolute Gasteiger partial charge is 0.0473 e. The number of aliphatic hydroxyl groups is 1. The largest absolute Gasteiger partial charge is 0.396 e. The summed E-state index contributed by atoms with van der Waals surface area (Å²) in [6, 6.07) is 0. The maximum Gasteiger partial charge on any atom is 0.0473 e. The Hall–Kier alpha value is 0.270. The molecule has 0 saturated heterocycles. The van der Waals surface area contributed by atoms with Gasteiger partial charge in [0.1, 0.15) is 0 Å². The van der Waals surface area contributed by atoms with E-state index in [9.17, 15) is 0 Å². The predicted molar refractivity (Wildman–Crippen MR) is 49.7 cm³/mol. The van der Waals surface area contributed by atoms with Crippen LogP contribution in [-0.2, 0) is 0 Å². The molecule has 1 fully saturated rings. The molecule has 0 aromatic rings. The molecule has 2 nitrogen and oxygen atoms in total. The van der Waals surface area contributed by atoms with Crippen LogP contribution >= 0.6 is 11.8 Å². The van der Waals surface area contributed by atoms with Crippen LogP contribution in [0.5, 0.6) is 0 Å². The molecule has 66 valence electrons. The summed E-state index contributed by atoms with van der Waals surface area (Å²) < 4.78 is 0.255. The van der Waals surface area contributed by atoms with Gasteiger partial charge in [0.05, 0.1) is 0 Å². The third-order valence-electron chi connectivity index (χ3n) is 2.34. The lowest BCUT2D eigenvalue weighted by atomic mass is 10.3. The zero-order chi connectivity index (χ0) is 8.32. The van der Waals surface area contributed by atoms with E-state index >= 15 is 0 Å². The SMILES string of the molecule is CCCSC1(CN)CC1CO. The van der Waals surface area contributed by atoms with Crippen molar-refractivity contribution in [3.63, 3.8) is 0 Å². The molecule has 11 heavy (non-hydrogen) atoms. The third kappa shape index (κ3) is 1.89. The highest BCUT2D eigenvalue weighted by atomic mass is 32.2. The lowest BCUT2D eigenvalue weighted by Gasteiger charge is -2.12. The van der Waals surface area contributed by atoms with Gasteiger partial charge in [0.15, 0.2) is 0 Å². The van der Waals surface area contributed by atoms with Crippen LogP contribution in [0.2, 0.25) is 0 Å². The van der Waals surface area contributed by atoms with Gasteiger partial charge in [-0.2, -0.15) is 11.8 Å². The van der Waals surface area contributed by atoms with Crippen LogP contribution in [0.4, 0.5) is 0 Å². The maximum atomic E-state index is 8.90. The van der Waals surface area contributed by atoms with Gasteiger partial charge in [-0.05, 0) is 24.5 Å². The monoisotopic (exact) mass is 175 g/mol.